The van der Waals surface area contributed by atoms with E-state index in [1.54, 1.807) is 0 Å². The van der Waals surface area contributed by atoms with Gasteiger partial charge in [0, 0.05) is 6.54 Å². The fourth-order valence-corrected chi connectivity index (χ4v) is 4.00. The van der Waals surface area contributed by atoms with E-state index in [0.717, 1.165) is 18.9 Å². The molecular formula is C16H24BrNO. The summed E-state index contributed by atoms with van der Waals surface area (Å²) in [6.07, 6.45) is 2.36. The van der Waals surface area contributed by atoms with Crippen molar-refractivity contribution in [3.05, 3.63) is 29.3 Å². The van der Waals surface area contributed by atoms with Crippen molar-refractivity contribution in [1.29, 1.82) is 0 Å². The topological polar surface area (TPSA) is 23.5 Å². The Morgan fingerprint density at radius 2 is 2.11 bits per heavy atom. The summed E-state index contributed by atoms with van der Waals surface area (Å²) in [5.41, 5.74) is 3.07. The molecule has 1 N–H and O–H groups in total. The highest BCUT2D eigenvalue weighted by Gasteiger charge is 2.44. The molecule has 106 valence electrons. The highest BCUT2D eigenvalue weighted by Crippen LogP contribution is 2.48. The Balaban J connectivity index is 0.00000133. The number of phenolic OH excluding ortho intramolecular Hbond substituents is 1. The van der Waals surface area contributed by atoms with Crippen LogP contribution in [0.5, 0.6) is 5.75 Å². The molecule has 2 aliphatic rings. The number of hydrogen-bond donors (Lipinski definition) is 1. The first kappa shape index (κ1) is 14.9. The molecule has 1 fully saturated rings. The number of likely N-dealkylation sites (tertiary alicyclic amines) is 1. The lowest BCUT2D eigenvalue weighted by Crippen LogP contribution is -2.41. The molecule has 0 amide bonds. The van der Waals surface area contributed by atoms with E-state index < -0.39 is 0 Å². The monoisotopic (exact) mass is 325 g/mol. The summed E-state index contributed by atoms with van der Waals surface area (Å²) in [7, 11) is 2.24. The van der Waals surface area contributed by atoms with Crippen LogP contribution >= 0.6 is 17.0 Å². The molecule has 1 aliphatic heterocycles. The van der Waals surface area contributed by atoms with Crippen LogP contribution in [0.4, 0.5) is 0 Å². The number of aromatic hydroxyl groups is 1. The van der Waals surface area contributed by atoms with Crippen LogP contribution in [0.3, 0.4) is 0 Å². The minimum Gasteiger partial charge on any atom is -0.508 e. The van der Waals surface area contributed by atoms with Crippen molar-refractivity contribution >= 4 is 17.0 Å². The lowest BCUT2D eigenvalue weighted by atomic mass is 9.60. The zero-order valence-electron chi connectivity index (χ0n) is 12.0. The fraction of sp³-hybridized carbons (Fsp3) is 0.625. The molecule has 1 aliphatic carbocycles. The number of rotatable bonds is 0. The summed E-state index contributed by atoms with van der Waals surface area (Å²) in [5, 5.41) is 9.80. The van der Waals surface area contributed by atoms with Gasteiger partial charge in [0.15, 0.2) is 0 Å². The second-order valence-corrected chi connectivity index (χ2v) is 6.52. The second-order valence-electron chi connectivity index (χ2n) is 6.52. The van der Waals surface area contributed by atoms with E-state index in [1.165, 1.54) is 24.1 Å². The van der Waals surface area contributed by atoms with Gasteiger partial charge >= 0.3 is 0 Å². The predicted octanol–water partition coefficient (Wildman–Crippen LogP) is 3.37. The van der Waals surface area contributed by atoms with E-state index in [2.05, 4.69) is 31.9 Å². The lowest BCUT2D eigenvalue weighted by molar-refractivity contribution is 0.197. The Hall–Kier alpha value is -0.540. The van der Waals surface area contributed by atoms with Crippen molar-refractivity contribution in [3.8, 4) is 5.75 Å². The largest absolute Gasteiger partial charge is 0.508 e. The van der Waals surface area contributed by atoms with Crippen molar-refractivity contribution < 1.29 is 5.11 Å². The van der Waals surface area contributed by atoms with Crippen molar-refractivity contribution in [2.75, 3.05) is 20.1 Å². The Morgan fingerprint density at radius 1 is 1.37 bits per heavy atom. The third-order valence-corrected chi connectivity index (χ3v) is 5.46. The van der Waals surface area contributed by atoms with E-state index >= 15 is 0 Å². The number of benzene rings is 1. The van der Waals surface area contributed by atoms with Gasteiger partial charge in [-0.15, -0.1) is 17.0 Å². The molecule has 1 aromatic rings. The third kappa shape index (κ3) is 2.31. The summed E-state index contributed by atoms with van der Waals surface area (Å²) in [5.74, 6) is 1.86. The Kier molecular flexibility index (Phi) is 3.99. The van der Waals surface area contributed by atoms with Gasteiger partial charge in [-0.05, 0) is 66.9 Å². The molecule has 0 unspecified atom stereocenters. The van der Waals surface area contributed by atoms with Crippen molar-refractivity contribution in [2.45, 2.75) is 32.1 Å². The standard InChI is InChI=1S/C16H23NO.BrH/c1-11-13-8-12-4-5-14(18)9-15(12)16(11,2)6-7-17(3)10-13;/h4-5,9,11,13,18H,6-8,10H2,1-3H3;1H/t11-,13+,16+;/m1./s1. The normalized spacial score (nSPS) is 34.1. The van der Waals surface area contributed by atoms with Crippen LogP contribution in [0.25, 0.3) is 0 Å². The summed E-state index contributed by atoms with van der Waals surface area (Å²) < 4.78 is 0. The van der Waals surface area contributed by atoms with E-state index in [0.29, 0.717) is 11.7 Å². The highest BCUT2D eigenvalue weighted by atomic mass is 79.9. The molecule has 19 heavy (non-hydrogen) atoms. The average molecular weight is 326 g/mol. The van der Waals surface area contributed by atoms with E-state index in [9.17, 15) is 5.11 Å². The van der Waals surface area contributed by atoms with Gasteiger partial charge in [0.05, 0.1) is 0 Å². The number of phenols is 1. The van der Waals surface area contributed by atoms with Crippen LogP contribution in [-0.4, -0.2) is 30.1 Å². The first-order valence-electron chi connectivity index (χ1n) is 7.01. The summed E-state index contributed by atoms with van der Waals surface area (Å²) >= 11 is 0. The van der Waals surface area contributed by atoms with Crippen molar-refractivity contribution in [1.82, 2.24) is 4.90 Å². The van der Waals surface area contributed by atoms with E-state index in [-0.39, 0.29) is 22.4 Å². The van der Waals surface area contributed by atoms with E-state index in [1.807, 2.05) is 12.1 Å². The van der Waals surface area contributed by atoms with Crippen LogP contribution in [-0.2, 0) is 11.8 Å². The zero-order chi connectivity index (χ0) is 12.9. The first-order valence-corrected chi connectivity index (χ1v) is 7.01. The highest BCUT2D eigenvalue weighted by molar-refractivity contribution is 8.93. The average Bonchev–Trinajstić information content (AvgIpc) is 2.41. The maximum absolute atomic E-state index is 9.80. The Labute approximate surface area is 126 Å². The summed E-state index contributed by atoms with van der Waals surface area (Å²) in [6, 6.07) is 5.98. The van der Waals surface area contributed by atoms with Gasteiger partial charge in [-0.1, -0.05) is 19.9 Å². The smallest absolute Gasteiger partial charge is 0.115 e. The first-order chi connectivity index (χ1) is 8.50. The molecule has 2 bridgehead atoms. The Bertz CT molecular complexity index is 476. The Morgan fingerprint density at radius 3 is 2.84 bits per heavy atom. The SMILES string of the molecule is Br.C[C@@H]1[C@H]2Cc3ccc(O)cc3[C@@]1(C)CCN(C)C2. The van der Waals surface area contributed by atoms with Crippen LogP contribution in [0.15, 0.2) is 18.2 Å². The van der Waals surface area contributed by atoms with E-state index in [4.69, 9.17) is 0 Å². The molecule has 0 aromatic heterocycles. The number of halogens is 1. The van der Waals surface area contributed by atoms with Gasteiger partial charge in [0.1, 0.15) is 5.75 Å². The molecule has 1 saturated heterocycles. The van der Waals surface area contributed by atoms with Gasteiger partial charge in [0.2, 0.25) is 0 Å². The quantitative estimate of drug-likeness (QED) is 0.790. The molecule has 3 heteroatoms. The zero-order valence-corrected chi connectivity index (χ0v) is 13.7. The third-order valence-electron chi connectivity index (χ3n) is 5.46. The molecule has 3 rings (SSSR count). The minimum atomic E-state index is 0. The summed E-state index contributed by atoms with van der Waals surface area (Å²) in [4.78, 5) is 2.47. The lowest BCUT2D eigenvalue weighted by Gasteiger charge is -2.44. The number of hydrogen-bond acceptors (Lipinski definition) is 2. The predicted molar refractivity (Wildman–Crippen MR) is 84.3 cm³/mol. The molecular weight excluding hydrogens is 302 g/mol. The van der Waals surface area contributed by atoms with Gasteiger partial charge in [-0.3, -0.25) is 0 Å². The molecule has 1 heterocycles. The summed E-state index contributed by atoms with van der Waals surface area (Å²) in [6.45, 7) is 7.15. The maximum Gasteiger partial charge on any atom is 0.115 e. The van der Waals surface area contributed by atoms with Gasteiger partial charge in [-0.2, -0.15) is 0 Å². The van der Waals surface area contributed by atoms with Crippen molar-refractivity contribution in [2.24, 2.45) is 11.8 Å². The molecule has 0 saturated carbocycles. The maximum atomic E-state index is 9.80. The van der Waals surface area contributed by atoms with Crippen molar-refractivity contribution in [3.63, 3.8) is 0 Å². The number of fused-ring (bicyclic) bond motifs is 4. The fourth-order valence-electron chi connectivity index (χ4n) is 4.00. The van der Waals surface area contributed by atoms with Gasteiger partial charge in [-0.25, -0.2) is 0 Å². The van der Waals surface area contributed by atoms with Gasteiger partial charge in [0.25, 0.3) is 0 Å². The van der Waals surface area contributed by atoms with Crippen LogP contribution < -0.4 is 0 Å². The second kappa shape index (κ2) is 5.10. The molecule has 0 spiro atoms. The molecule has 1 aromatic carbocycles. The van der Waals surface area contributed by atoms with Gasteiger partial charge < -0.3 is 10.0 Å². The minimum absolute atomic E-state index is 0. The van der Waals surface area contributed by atoms with Crippen LogP contribution in [0.2, 0.25) is 0 Å². The molecule has 2 nitrogen and oxygen atoms in total. The molecule has 3 atom stereocenters. The van der Waals surface area contributed by atoms with Crippen LogP contribution in [0, 0.1) is 11.8 Å². The number of nitrogens with zero attached hydrogens (tertiary/aromatic N) is 1. The van der Waals surface area contributed by atoms with Crippen LogP contribution in [0.1, 0.15) is 31.4 Å². The molecule has 0 radical (unpaired) electrons.